The average Bonchev–Trinajstić information content (AvgIpc) is 2.75. The van der Waals surface area contributed by atoms with Gasteiger partial charge in [0.25, 0.3) is 0 Å². The van der Waals surface area contributed by atoms with E-state index in [1.54, 1.807) is 0 Å². The third kappa shape index (κ3) is 11.9. The Bertz CT molecular complexity index is 809. The molecular weight excluding hydrogens is 396 g/mol. The van der Waals surface area contributed by atoms with E-state index in [-0.39, 0.29) is 32.0 Å². The fourth-order valence-corrected chi connectivity index (χ4v) is 2.93. The Balaban J connectivity index is 5.45. The smallest absolute Gasteiger partial charge is 0.211 e. The molecule has 0 aromatic carbocycles. The maximum atomic E-state index is 10.8. The van der Waals surface area contributed by atoms with Gasteiger partial charge in [0, 0.05) is 0 Å². The van der Waals surface area contributed by atoms with E-state index in [9.17, 15) is 28.8 Å². The Kier molecular flexibility index (Phi) is 16.3. The molecule has 0 aliphatic rings. The molecule has 0 saturated carbocycles. The first-order valence-corrected chi connectivity index (χ1v) is 9.00. The first-order chi connectivity index (χ1) is 14.7. The molecule has 30 heavy (non-hydrogen) atoms. The quantitative estimate of drug-likeness (QED) is 0.191. The Morgan fingerprint density at radius 1 is 0.500 bits per heavy atom. The van der Waals surface area contributed by atoms with Crippen LogP contribution in [0.1, 0.15) is 32.1 Å². The number of aliphatic imine (C=N–C) groups is 6. The molecule has 12 nitrogen and oxygen atoms in total. The van der Waals surface area contributed by atoms with Gasteiger partial charge in [0.05, 0.1) is 37.8 Å². The van der Waals surface area contributed by atoms with E-state index in [0.717, 1.165) is 0 Å². The van der Waals surface area contributed by atoms with Crippen molar-refractivity contribution in [1.29, 1.82) is 0 Å². The second-order valence-electron chi connectivity index (χ2n) is 6.01. The summed E-state index contributed by atoms with van der Waals surface area (Å²) >= 11 is 0. The molecule has 0 heterocycles. The van der Waals surface area contributed by atoms with Crippen molar-refractivity contribution in [2.24, 2.45) is 35.9 Å². The van der Waals surface area contributed by atoms with Crippen LogP contribution < -0.4 is 0 Å². The Morgan fingerprint density at radius 2 is 1.03 bits per heavy atom. The minimum atomic E-state index is -0.725. The van der Waals surface area contributed by atoms with E-state index in [0.29, 0.717) is 25.7 Å². The predicted molar refractivity (Wildman–Crippen MR) is 101 cm³/mol. The van der Waals surface area contributed by atoms with Crippen molar-refractivity contribution in [3.63, 3.8) is 0 Å². The highest BCUT2D eigenvalue weighted by atomic mass is 16.1. The molecule has 0 saturated heterocycles. The maximum absolute atomic E-state index is 10.8. The van der Waals surface area contributed by atoms with Gasteiger partial charge in [-0.3, -0.25) is 0 Å². The molecule has 4 atom stereocenters. The average molecular weight is 416 g/mol. The van der Waals surface area contributed by atoms with Crippen LogP contribution >= 0.6 is 0 Å². The number of rotatable bonds is 17. The lowest BCUT2D eigenvalue weighted by molar-refractivity contribution is 0.340. The van der Waals surface area contributed by atoms with E-state index in [1.165, 1.54) is 36.5 Å². The predicted octanol–water partition coefficient (Wildman–Crippen LogP) is 0.674. The monoisotopic (exact) mass is 416 g/mol. The molecule has 4 unspecified atom stereocenters. The van der Waals surface area contributed by atoms with E-state index >= 15 is 0 Å². The van der Waals surface area contributed by atoms with Crippen LogP contribution in [0.2, 0.25) is 0 Å². The molecule has 0 rings (SSSR count). The second-order valence-corrected chi connectivity index (χ2v) is 6.01. The van der Waals surface area contributed by atoms with Gasteiger partial charge in [0.1, 0.15) is 0 Å². The van der Waals surface area contributed by atoms with Gasteiger partial charge in [0.2, 0.25) is 36.5 Å². The molecule has 0 aliphatic heterocycles. The molecule has 0 N–H and O–H groups in total. The fourth-order valence-electron chi connectivity index (χ4n) is 2.93. The van der Waals surface area contributed by atoms with E-state index in [1.807, 2.05) is 0 Å². The summed E-state index contributed by atoms with van der Waals surface area (Å²) in [6.45, 7) is 0.165. The number of carbonyl (C=O) groups excluding carboxylic acids is 6. The van der Waals surface area contributed by atoms with Crippen LogP contribution in [0.25, 0.3) is 0 Å². The second kappa shape index (κ2) is 18.6. The number of nitrogens with zero attached hydrogens (tertiary/aromatic N) is 6. The third-order valence-corrected chi connectivity index (χ3v) is 4.33. The summed E-state index contributed by atoms with van der Waals surface area (Å²) < 4.78 is 0. The van der Waals surface area contributed by atoms with Crippen molar-refractivity contribution in [3.8, 4) is 0 Å². The largest absolute Gasteiger partial charge is 0.235 e. The van der Waals surface area contributed by atoms with Crippen LogP contribution in [-0.4, -0.2) is 74.2 Å². The fraction of sp³-hybridized carbons (Fsp3) is 0.667. The minimum absolute atomic E-state index is 0.102. The summed E-state index contributed by atoms with van der Waals surface area (Å²) in [6, 6.07) is -2.14. The van der Waals surface area contributed by atoms with Gasteiger partial charge in [-0.25, -0.2) is 58.7 Å². The lowest BCUT2D eigenvalue weighted by Gasteiger charge is -2.24. The molecule has 0 spiro atoms. The highest BCUT2D eigenvalue weighted by Gasteiger charge is 2.26. The summed E-state index contributed by atoms with van der Waals surface area (Å²) in [4.78, 5) is 84.6. The molecule has 0 bridgehead atoms. The molecule has 0 aliphatic carbocycles. The van der Waals surface area contributed by atoms with Crippen molar-refractivity contribution < 1.29 is 28.8 Å². The molecule has 0 aromatic rings. The first kappa shape index (κ1) is 26.3. The lowest BCUT2D eigenvalue weighted by Crippen LogP contribution is -2.28. The topological polar surface area (TPSA) is 177 Å². The Hall–Kier alpha value is -3.72. The zero-order valence-corrected chi connectivity index (χ0v) is 16.1. The Morgan fingerprint density at radius 3 is 1.60 bits per heavy atom. The van der Waals surface area contributed by atoms with Gasteiger partial charge in [-0.15, -0.1) is 0 Å². The van der Waals surface area contributed by atoms with E-state index < -0.39 is 18.1 Å². The van der Waals surface area contributed by atoms with Crippen LogP contribution in [-0.2, 0) is 28.8 Å². The van der Waals surface area contributed by atoms with Crippen LogP contribution in [0.15, 0.2) is 30.0 Å². The van der Waals surface area contributed by atoms with E-state index in [4.69, 9.17) is 0 Å². The first-order valence-electron chi connectivity index (χ1n) is 9.00. The lowest BCUT2D eigenvalue weighted by atomic mass is 9.88. The van der Waals surface area contributed by atoms with Crippen LogP contribution in [0, 0.1) is 5.92 Å². The number of hydrogen-bond donors (Lipinski definition) is 0. The van der Waals surface area contributed by atoms with Gasteiger partial charge in [-0.05, 0) is 38.0 Å². The molecule has 0 radical (unpaired) electrons. The molecule has 12 heteroatoms. The van der Waals surface area contributed by atoms with Crippen molar-refractivity contribution in [2.75, 3.05) is 19.6 Å². The van der Waals surface area contributed by atoms with Gasteiger partial charge >= 0.3 is 0 Å². The van der Waals surface area contributed by atoms with Gasteiger partial charge in [0.15, 0.2) is 0 Å². The van der Waals surface area contributed by atoms with Crippen molar-refractivity contribution in [3.05, 3.63) is 0 Å². The van der Waals surface area contributed by atoms with Gasteiger partial charge < -0.3 is 0 Å². The number of hydrogen-bond acceptors (Lipinski definition) is 12. The standard InChI is InChI=1S/C18H20N6O6/c25-9-19-6-1-2-16(22-12-28)17(23-13-29)4-3-15(5-7-20-10-26)18(24-14-30)8-21-11-27/h15-18H,1-8H2. The van der Waals surface area contributed by atoms with Crippen LogP contribution in [0.4, 0.5) is 0 Å². The zero-order valence-electron chi connectivity index (χ0n) is 16.1. The van der Waals surface area contributed by atoms with Crippen molar-refractivity contribution in [1.82, 2.24) is 0 Å². The molecule has 158 valence electrons. The maximum Gasteiger partial charge on any atom is 0.235 e. The highest BCUT2D eigenvalue weighted by molar-refractivity contribution is 5.36. The summed E-state index contributed by atoms with van der Waals surface area (Å²) in [5.74, 6) is -0.370. The SMILES string of the molecule is O=C=NCCCC(N=C=O)C(CCC(CCN=C=O)C(CN=C=O)N=C=O)N=C=O. The van der Waals surface area contributed by atoms with Crippen LogP contribution in [0.3, 0.4) is 0 Å². The third-order valence-electron chi connectivity index (χ3n) is 4.33. The normalized spacial score (nSPS) is 13.2. The zero-order chi connectivity index (χ0) is 22.5. The molecule has 0 aromatic heterocycles. The van der Waals surface area contributed by atoms with Crippen molar-refractivity contribution >= 4 is 36.5 Å². The highest BCUT2D eigenvalue weighted by Crippen LogP contribution is 2.24. The summed E-state index contributed by atoms with van der Waals surface area (Å²) in [6.07, 6.45) is 10.1. The van der Waals surface area contributed by atoms with Gasteiger partial charge in [-0.1, -0.05) is 0 Å². The molecular formula is C18H20N6O6. The Labute approximate surface area is 171 Å². The van der Waals surface area contributed by atoms with Gasteiger partial charge in [-0.2, -0.15) is 0 Å². The number of isocyanates is 6. The summed E-state index contributed by atoms with van der Waals surface area (Å²) in [5, 5.41) is 0. The van der Waals surface area contributed by atoms with Crippen LogP contribution in [0.5, 0.6) is 0 Å². The van der Waals surface area contributed by atoms with Crippen molar-refractivity contribution in [2.45, 2.75) is 50.2 Å². The molecule has 0 amide bonds. The summed E-state index contributed by atoms with van der Waals surface area (Å²) in [5.41, 5.74) is 0. The van der Waals surface area contributed by atoms with E-state index in [2.05, 4.69) is 30.0 Å². The minimum Gasteiger partial charge on any atom is -0.211 e. The summed E-state index contributed by atoms with van der Waals surface area (Å²) in [7, 11) is 0. The molecule has 0 fully saturated rings.